The molecule has 0 fully saturated rings. The third-order valence-electron chi connectivity index (χ3n) is 2.61. The van der Waals surface area contributed by atoms with Crippen molar-refractivity contribution in [2.24, 2.45) is 0 Å². The van der Waals surface area contributed by atoms with Gasteiger partial charge in [0.05, 0.1) is 0 Å². The molecule has 0 bridgehead atoms. The molecule has 2 rings (SSSR count). The molecule has 0 aliphatic heterocycles. The molecule has 0 saturated carbocycles. The summed E-state index contributed by atoms with van der Waals surface area (Å²) in [5.41, 5.74) is 3.26. The van der Waals surface area contributed by atoms with Crippen LogP contribution in [-0.2, 0) is 3.76 Å². The Hall–Kier alpha value is -0.177. The molecule has 0 N–H and O–H groups in total. The van der Waals surface area contributed by atoms with Gasteiger partial charge in [-0.2, -0.15) is 0 Å². The Morgan fingerprint density at radius 1 is 1.27 bits per heavy atom. The molecule has 1 nitrogen and oxygen atoms in total. The maximum absolute atomic E-state index is 5.41. The van der Waals surface area contributed by atoms with E-state index in [1.165, 1.54) is 31.4 Å². The zero-order chi connectivity index (χ0) is 7.68. The molecule has 0 heterocycles. The van der Waals surface area contributed by atoms with Gasteiger partial charge in [-0.05, 0) is 0 Å². The summed E-state index contributed by atoms with van der Waals surface area (Å²) < 4.78 is 5.41. The van der Waals surface area contributed by atoms with Crippen LogP contribution in [0.3, 0.4) is 0 Å². The number of rotatable bonds is 1. The normalized spacial score (nSPS) is 23.5. The van der Waals surface area contributed by atoms with Gasteiger partial charge in [-0.15, -0.1) is 0 Å². The Bertz CT molecular complexity index is 228. The predicted molar refractivity (Wildman–Crippen MR) is 49.2 cm³/mol. The van der Waals surface area contributed by atoms with Crippen molar-refractivity contribution in [3.8, 4) is 0 Å². The number of hydrogen-bond donors (Lipinski definition) is 0. The van der Waals surface area contributed by atoms with Gasteiger partial charge >= 0.3 is 75.7 Å². The van der Waals surface area contributed by atoms with E-state index in [0.717, 1.165) is 6.42 Å². The Balaban J connectivity index is 2.14. The summed E-state index contributed by atoms with van der Waals surface area (Å²) in [4.78, 5) is 0. The molecule has 0 spiro atoms. The number of allylic oxidation sites excluding steroid dienone is 3. The molecule has 0 atom stereocenters. The molecular weight excluding hydrogens is 197 g/mol. The first-order valence-corrected chi connectivity index (χ1v) is 6.07. The first kappa shape index (κ1) is 7.47. The quantitative estimate of drug-likeness (QED) is 0.596. The molecule has 2 heteroatoms. The van der Waals surface area contributed by atoms with Crippen LogP contribution in [0.2, 0.25) is 0 Å². The van der Waals surface area contributed by atoms with E-state index in [2.05, 4.69) is 6.08 Å². The molecule has 0 unspecified atom stereocenters. The monoisotopic (exact) mass is 212 g/mol. The average Bonchev–Trinajstić information content (AvgIpc) is 2.46. The Morgan fingerprint density at radius 3 is 2.82 bits per heavy atom. The zero-order valence-electron chi connectivity index (χ0n) is 7.02. The van der Waals surface area contributed by atoms with Crippen LogP contribution in [0, 0.1) is 0 Å². The van der Waals surface area contributed by atoms with Crippen molar-refractivity contribution in [2.75, 3.05) is 0 Å². The van der Waals surface area contributed by atoms with E-state index in [-0.39, 0.29) is 0 Å². The Labute approximate surface area is 76.1 Å². The second-order valence-corrected chi connectivity index (χ2v) is 4.18. The fourth-order valence-corrected chi connectivity index (χ4v) is 2.50. The van der Waals surface area contributed by atoms with E-state index in [0.29, 0.717) is 16.9 Å². The molecular formula is C9H14GeO. The maximum atomic E-state index is 5.41. The van der Waals surface area contributed by atoms with Gasteiger partial charge in [0.15, 0.2) is 0 Å². The second-order valence-electron chi connectivity index (χ2n) is 3.33. The molecule has 11 heavy (non-hydrogen) atoms. The Morgan fingerprint density at radius 2 is 2.09 bits per heavy atom. The third-order valence-corrected chi connectivity index (χ3v) is 3.71. The zero-order valence-corrected chi connectivity index (χ0v) is 11.2. The van der Waals surface area contributed by atoms with Gasteiger partial charge in [0, 0.05) is 0 Å². The van der Waals surface area contributed by atoms with E-state index >= 15 is 0 Å². The predicted octanol–water partition coefficient (Wildman–Crippen LogP) is 1.44. The molecule has 0 radical (unpaired) electrons. The van der Waals surface area contributed by atoms with Crippen molar-refractivity contribution in [3.63, 3.8) is 0 Å². The van der Waals surface area contributed by atoms with Gasteiger partial charge in [0.25, 0.3) is 0 Å². The van der Waals surface area contributed by atoms with Crippen LogP contribution in [0.5, 0.6) is 0 Å². The van der Waals surface area contributed by atoms with Crippen LogP contribution in [0.4, 0.5) is 0 Å². The molecule has 2 aliphatic rings. The molecule has 0 aromatic rings. The van der Waals surface area contributed by atoms with E-state index < -0.39 is 0 Å². The summed E-state index contributed by atoms with van der Waals surface area (Å²) in [7, 11) is 0. The van der Waals surface area contributed by atoms with E-state index in [1.807, 2.05) is 0 Å². The van der Waals surface area contributed by atoms with Crippen molar-refractivity contribution >= 4 is 16.9 Å². The minimum atomic E-state index is 0.521. The number of hydrogen-bond acceptors (Lipinski definition) is 1. The Kier molecular flexibility index (Phi) is 2.07. The van der Waals surface area contributed by atoms with Crippen molar-refractivity contribution in [1.82, 2.24) is 0 Å². The van der Waals surface area contributed by atoms with Crippen LogP contribution in [0.15, 0.2) is 23.0 Å². The van der Waals surface area contributed by atoms with Gasteiger partial charge < -0.3 is 0 Å². The summed E-state index contributed by atoms with van der Waals surface area (Å²) in [5, 5.41) is 0. The van der Waals surface area contributed by atoms with Gasteiger partial charge in [-0.1, -0.05) is 0 Å². The SMILES string of the molecule is [GeH3][O]C1=CC2=C(CCCC2)C1. The van der Waals surface area contributed by atoms with Crippen molar-refractivity contribution in [2.45, 2.75) is 32.1 Å². The molecule has 0 amide bonds. The van der Waals surface area contributed by atoms with Crippen LogP contribution in [0.25, 0.3) is 0 Å². The van der Waals surface area contributed by atoms with Crippen LogP contribution in [-0.4, -0.2) is 16.9 Å². The first-order valence-electron chi connectivity index (χ1n) is 4.35. The summed E-state index contributed by atoms with van der Waals surface area (Å²) in [6, 6.07) is 0. The first-order chi connectivity index (χ1) is 5.40. The molecule has 2 aliphatic carbocycles. The fraction of sp³-hybridized carbons (Fsp3) is 0.556. The van der Waals surface area contributed by atoms with Crippen LogP contribution >= 0.6 is 0 Å². The summed E-state index contributed by atoms with van der Waals surface area (Å²) in [6.07, 6.45) is 8.82. The van der Waals surface area contributed by atoms with Gasteiger partial charge in [0.2, 0.25) is 0 Å². The van der Waals surface area contributed by atoms with Crippen molar-refractivity contribution in [3.05, 3.63) is 23.0 Å². The molecule has 0 aromatic heterocycles. The van der Waals surface area contributed by atoms with Crippen LogP contribution in [0.1, 0.15) is 32.1 Å². The fourth-order valence-electron chi connectivity index (χ4n) is 1.95. The average molecular weight is 211 g/mol. The van der Waals surface area contributed by atoms with E-state index in [4.69, 9.17) is 3.76 Å². The van der Waals surface area contributed by atoms with Gasteiger partial charge in [0.1, 0.15) is 0 Å². The second kappa shape index (κ2) is 3.05. The standard InChI is InChI=1S/C9H14GeO/c10-11-9-5-7-3-1-2-4-8(7)6-9/h5H,1-4,6H2,10H3. The minimum absolute atomic E-state index is 0.521. The summed E-state index contributed by atoms with van der Waals surface area (Å²) >= 11 is 0.521. The molecule has 0 saturated heterocycles. The van der Waals surface area contributed by atoms with E-state index in [1.54, 1.807) is 11.1 Å². The van der Waals surface area contributed by atoms with Crippen molar-refractivity contribution < 1.29 is 3.76 Å². The molecule has 60 valence electrons. The molecule has 0 aromatic carbocycles. The third kappa shape index (κ3) is 1.39. The topological polar surface area (TPSA) is 9.23 Å². The van der Waals surface area contributed by atoms with Crippen LogP contribution < -0.4 is 0 Å². The van der Waals surface area contributed by atoms with E-state index in [9.17, 15) is 0 Å². The van der Waals surface area contributed by atoms with Gasteiger partial charge in [-0.3, -0.25) is 0 Å². The van der Waals surface area contributed by atoms with Gasteiger partial charge in [-0.25, -0.2) is 0 Å². The summed E-state index contributed by atoms with van der Waals surface area (Å²) in [5.74, 6) is 1.25. The van der Waals surface area contributed by atoms with Crippen molar-refractivity contribution in [1.29, 1.82) is 0 Å². The summed E-state index contributed by atoms with van der Waals surface area (Å²) in [6.45, 7) is 0.